The second-order valence-corrected chi connectivity index (χ2v) is 5.79. The number of rotatable bonds is 5. The summed E-state index contributed by atoms with van der Waals surface area (Å²) < 4.78 is 0. The Bertz CT molecular complexity index is 948. The lowest BCUT2D eigenvalue weighted by Crippen LogP contribution is -2.42. The third-order valence-corrected chi connectivity index (χ3v) is 3.60. The highest BCUT2D eigenvalue weighted by Gasteiger charge is 2.09. The van der Waals surface area contributed by atoms with Gasteiger partial charge in [-0.1, -0.05) is 60.2 Å². The van der Waals surface area contributed by atoms with Crippen LogP contribution in [0.25, 0.3) is 17.5 Å². The average molecular weight is 362 g/mol. The SMILES string of the molecule is Cc1ccc(/C=C/C(=O)NNC(=O)Cn2nnc(-c3ccccc3)n2)cc1. The molecule has 0 bridgehead atoms. The monoisotopic (exact) mass is 362 g/mol. The van der Waals surface area contributed by atoms with Crippen LogP contribution in [0.15, 0.2) is 60.7 Å². The largest absolute Gasteiger partial charge is 0.271 e. The summed E-state index contributed by atoms with van der Waals surface area (Å²) in [5.74, 6) is -0.488. The standard InChI is InChI=1S/C19H18N6O2/c1-14-7-9-15(10-8-14)11-12-17(26)20-21-18(27)13-25-23-19(22-24-25)16-5-3-2-4-6-16/h2-12H,13H2,1H3,(H,20,26)(H,21,27)/b12-11+. The molecular formula is C19H18N6O2. The highest BCUT2D eigenvalue weighted by atomic mass is 16.2. The van der Waals surface area contributed by atoms with Crippen LogP contribution in [-0.4, -0.2) is 32.0 Å². The van der Waals surface area contributed by atoms with Gasteiger partial charge in [0.05, 0.1) is 0 Å². The fraction of sp³-hybridized carbons (Fsp3) is 0.105. The molecule has 8 heteroatoms. The summed E-state index contributed by atoms with van der Waals surface area (Å²) in [6, 6.07) is 17.0. The predicted molar refractivity (Wildman–Crippen MR) is 99.8 cm³/mol. The number of amides is 2. The van der Waals surface area contributed by atoms with Crippen LogP contribution >= 0.6 is 0 Å². The number of benzene rings is 2. The molecule has 0 unspecified atom stereocenters. The van der Waals surface area contributed by atoms with Gasteiger partial charge in [0.25, 0.3) is 11.8 Å². The van der Waals surface area contributed by atoms with Crippen molar-refractivity contribution in [2.24, 2.45) is 0 Å². The van der Waals surface area contributed by atoms with Crippen molar-refractivity contribution in [3.63, 3.8) is 0 Å². The van der Waals surface area contributed by atoms with Crippen molar-refractivity contribution in [3.8, 4) is 11.4 Å². The van der Waals surface area contributed by atoms with Crippen LogP contribution in [-0.2, 0) is 16.1 Å². The first-order valence-corrected chi connectivity index (χ1v) is 8.27. The van der Waals surface area contributed by atoms with Crippen molar-refractivity contribution >= 4 is 17.9 Å². The maximum atomic E-state index is 11.9. The van der Waals surface area contributed by atoms with E-state index in [2.05, 4.69) is 26.3 Å². The first-order valence-electron chi connectivity index (χ1n) is 8.27. The predicted octanol–water partition coefficient (Wildman–Crippen LogP) is 1.51. The Morgan fingerprint density at radius 3 is 2.52 bits per heavy atom. The molecule has 2 aromatic carbocycles. The second kappa shape index (κ2) is 8.52. The minimum absolute atomic E-state index is 0.165. The highest BCUT2D eigenvalue weighted by Crippen LogP contribution is 2.11. The van der Waals surface area contributed by atoms with Crippen LogP contribution < -0.4 is 10.9 Å². The third-order valence-electron chi connectivity index (χ3n) is 3.60. The number of aryl methyl sites for hydroxylation is 1. The molecule has 27 heavy (non-hydrogen) atoms. The number of tetrazole rings is 1. The van der Waals surface area contributed by atoms with Gasteiger partial charge >= 0.3 is 0 Å². The Labute approximate surface area is 155 Å². The third kappa shape index (κ3) is 5.33. The number of nitrogens with one attached hydrogen (secondary N) is 2. The fourth-order valence-electron chi connectivity index (χ4n) is 2.20. The van der Waals surface area contributed by atoms with Gasteiger partial charge in [-0.05, 0) is 23.8 Å². The minimum Gasteiger partial charge on any atom is -0.271 e. The molecule has 8 nitrogen and oxygen atoms in total. The Kier molecular flexibility index (Phi) is 5.68. The van der Waals surface area contributed by atoms with E-state index in [1.165, 1.54) is 6.08 Å². The van der Waals surface area contributed by atoms with E-state index < -0.39 is 11.8 Å². The van der Waals surface area contributed by atoms with Crippen LogP contribution in [0, 0.1) is 6.92 Å². The summed E-state index contributed by atoms with van der Waals surface area (Å²) in [4.78, 5) is 24.8. The van der Waals surface area contributed by atoms with Crippen LogP contribution in [0.3, 0.4) is 0 Å². The van der Waals surface area contributed by atoms with E-state index >= 15 is 0 Å². The molecule has 1 aromatic heterocycles. The summed E-state index contributed by atoms with van der Waals surface area (Å²) >= 11 is 0. The van der Waals surface area contributed by atoms with Crippen LogP contribution in [0.5, 0.6) is 0 Å². The van der Waals surface area contributed by atoms with Crippen molar-refractivity contribution < 1.29 is 9.59 Å². The first kappa shape index (κ1) is 18.0. The summed E-state index contributed by atoms with van der Waals surface area (Å²) in [5.41, 5.74) is 7.45. The van der Waals surface area contributed by atoms with Crippen molar-refractivity contribution in [2.75, 3.05) is 0 Å². The maximum Gasteiger partial charge on any atom is 0.262 e. The normalized spacial score (nSPS) is 10.7. The summed E-state index contributed by atoms with van der Waals surface area (Å²) in [6.45, 7) is 1.82. The molecular weight excluding hydrogens is 344 g/mol. The van der Waals surface area contributed by atoms with Gasteiger partial charge in [-0.15, -0.1) is 10.2 Å². The molecule has 136 valence electrons. The lowest BCUT2D eigenvalue weighted by molar-refractivity contribution is -0.127. The van der Waals surface area contributed by atoms with E-state index in [4.69, 9.17) is 0 Å². The molecule has 1 heterocycles. The van der Waals surface area contributed by atoms with Gasteiger partial charge in [0, 0.05) is 11.6 Å². The Morgan fingerprint density at radius 1 is 1.04 bits per heavy atom. The molecule has 0 fully saturated rings. The summed E-state index contributed by atoms with van der Waals surface area (Å²) in [7, 11) is 0. The molecule has 0 aliphatic heterocycles. The van der Waals surface area contributed by atoms with Crippen LogP contribution in [0.1, 0.15) is 11.1 Å². The maximum absolute atomic E-state index is 11.9. The number of carbonyl (C=O) groups excluding carboxylic acids is 2. The average Bonchev–Trinajstić information content (AvgIpc) is 3.15. The number of aromatic nitrogens is 4. The molecule has 3 aromatic rings. The molecule has 0 atom stereocenters. The van der Waals surface area contributed by atoms with Gasteiger partial charge in [0.1, 0.15) is 6.54 Å². The van der Waals surface area contributed by atoms with E-state index in [9.17, 15) is 9.59 Å². The topological polar surface area (TPSA) is 102 Å². The number of hydrogen-bond donors (Lipinski definition) is 2. The van der Waals surface area contributed by atoms with Crippen molar-refractivity contribution in [2.45, 2.75) is 13.5 Å². The van der Waals surface area contributed by atoms with E-state index in [1.54, 1.807) is 6.08 Å². The number of hydrogen-bond acceptors (Lipinski definition) is 5. The summed E-state index contributed by atoms with van der Waals surface area (Å²) in [6.07, 6.45) is 3.00. The van der Waals surface area contributed by atoms with Crippen LogP contribution in [0.4, 0.5) is 0 Å². The van der Waals surface area contributed by atoms with Crippen molar-refractivity contribution in [3.05, 3.63) is 71.8 Å². The van der Waals surface area contributed by atoms with E-state index in [0.717, 1.165) is 21.5 Å². The van der Waals surface area contributed by atoms with Gasteiger partial charge in [0.15, 0.2) is 0 Å². The second-order valence-electron chi connectivity index (χ2n) is 5.79. The smallest absolute Gasteiger partial charge is 0.262 e. The lowest BCUT2D eigenvalue weighted by atomic mass is 10.1. The zero-order valence-electron chi connectivity index (χ0n) is 14.7. The summed E-state index contributed by atoms with van der Waals surface area (Å²) in [5, 5.41) is 11.9. The number of carbonyl (C=O) groups is 2. The highest BCUT2D eigenvalue weighted by molar-refractivity contribution is 5.93. The fourth-order valence-corrected chi connectivity index (χ4v) is 2.20. The van der Waals surface area contributed by atoms with E-state index in [-0.39, 0.29) is 6.54 Å². The molecule has 3 rings (SSSR count). The van der Waals surface area contributed by atoms with Gasteiger partial charge in [-0.2, -0.15) is 4.80 Å². The molecule has 0 aliphatic rings. The van der Waals surface area contributed by atoms with Gasteiger partial charge in [0.2, 0.25) is 5.82 Å². The molecule has 0 spiro atoms. The Hall–Kier alpha value is -3.81. The zero-order valence-corrected chi connectivity index (χ0v) is 14.7. The zero-order chi connectivity index (χ0) is 19.1. The number of hydrazine groups is 1. The molecule has 0 saturated heterocycles. The molecule has 0 saturated carbocycles. The van der Waals surface area contributed by atoms with Gasteiger partial charge in [-0.25, -0.2) is 0 Å². The molecule has 2 amide bonds. The quantitative estimate of drug-likeness (QED) is 0.529. The first-order chi connectivity index (χ1) is 13.1. The van der Waals surface area contributed by atoms with Gasteiger partial charge < -0.3 is 0 Å². The van der Waals surface area contributed by atoms with E-state index in [0.29, 0.717) is 5.82 Å². The molecule has 0 aliphatic carbocycles. The van der Waals surface area contributed by atoms with Crippen molar-refractivity contribution in [1.29, 1.82) is 0 Å². The molecule has 2 N–H and O–H groups in total. The Morgan fingerprint density at radius 2 is 1.78 bits per heavy atom. The van der Waals surface area contributed by atoms with Crippen molar-refractivity contribution in [1.82, 2.24) is 31.1 Å². The number of nitrogens with zero attached hydrogens (tertiary/aromatic N) is 4. The van der Waals surface area contributed by atoms with Gasteiger partial charge in [-0.3, -0.25) is 20.4 Å². The lowest BCUT2D eigenvalue weighted by Gasteiger charge is -2.04. The minimum atomic E-state index is -0.468. The Balaban J connectivity index is 1.47. The molecule has 0 radical (unpaired) electrons. The van der Waals surface area contributed by atoms with Crippen LogP contribution in [0.2, 0.25) is 0 Å². The van der Waals surface area contributed by atoms with E-state index in [1.807, 2.05) is 61.5 Å².